The highest BCUT2D eigenvalue weighted by atomic mass is 127. The number of rotatable bonds is 1. The maximum Gasteiger partial charge on any atom is 0.0283 e. The number of halogens is 1. The molecule has 1 rings (SSSR count). The van der Waals surface area contributed by atoms with E-state index in [1.54, 1.807) is 6.20 Å². The average molecular weight is 247 g/mol. The van der Waals surface area contributed by atoms with Crippen LogP contribution in [0.2, 0.25) is 0 Å². The van der Waals surface area contributed by atoms with Crippen LogP contribution in [0.5, 0.6) is 0 Å². The first-order valence-electron chi connectivity index (χ1n) is 3.29. The quantitative estimate of drug-likeness (QED) is 0.555. The van der Waals surface area contributed by atoms with Crippen molar-refractivity contribution < 1.29 is 0 Å². The van der Waals surface area contributed by atoms with Crippen LogP contribution in [-0.2, 0) is 0 Å². The van der Waals surface area contributed by atoms with Crippen LogP contribution in [0, 0.1) is 21.7 Å². The van der Waals surface area contributed by atoms with E-state index in [1.165, 1.54) is 12.0 Å². The second-order valence-electron chi connectivity index (χ2n) is 2.60. The van der Waals surface area contributed by atoms with Gasteiger partial charge in [-0.1, -0.05) is 11.5 Å². The number of allylic oxidation sites excluding steroid dienone is 1. The molecule has 1 saturated carbocycles. The third kappa shape index (κ3) is 1.66. The number of nitrogens with two attached hydrogens (primary N) is 1. The zero-order chi connectivity index (χ0) is 7.56. The lowest BCUT2D eigenvalue weighted by Crippen LogP contribution is -1.87. The first-order valence-corrected chi connectivity index (χ1v) is 4.37. The number of hydrogen-bond acceptors (Lipinski definition) is 1. The Balaban J connectivity index is 2.43. The topological polar surface area (TPSA) is 26.0 Å². The van der Waals surface area contributed by atoms with E-state index in [4.69, 9.17) is 5.73 Å². The predicted molar refractivity (Wildman–Crippen MR) is 51.3 cm³/mol. The lowest BCUT2D eigenvalue weighted by molar-refractivity contribution is 0.937. The van der Waals surface area contributed by atoms with Gasteiger partial charge in [-0.15, -0.1) is 0 Å². The van der Waals surface area contributed by atoms with Crippen molar-refractivity contribution in [1.82, 2.24) is 0 Å². The molecule has 1 aliphatic carbocycles. The predicted octanol–water partition coefficient (Wildman–Crippen LogP) is 1.88. The van der Waals surface area contributed by atoms with Crippen molar-refractivity contribution in [2.24, 2.45) is 17.6 Å². The molecule has 0 aromatic heterocycles. The molecule has 54 valence electrons. The van der Waals surface area contributed by atoms with E-state index in [-0.39, 0.29) is 0 Å². The van der Waals surface area contributed by atoms with Crippen molar-refractivity contribution in [2.45, 2.75) is 13.3 Å². The molecule has 0 amide bonds. The Morgan fingerprint density at radius 1 is 1.80 bits per heavy atom. The Labute approximate surface area is 75.2 Å². The fourth-order valence-corrected chi connectivity index (χ4v) is 1.45. The zero-order valence-corrected chi connectivity index (χ0v) is 8.05. The summed E-state index contributed by atoms with van der Waals surface area (Å²) in [5.74, 6) is 4.38. The molecule has 2 heteroatoms. The van der Waals surface area contributed by atoms with E-state index in [0.717, 1.165) is 0 Å². The molecule has 2 atom stereocenters. The molecule has 0 aliphatic heterocycles. The molecular weight excluding hydrogens is 237 g/mol. The van der Waals surface area contributed by atoms with Gasteiger partial charge in [0.2, 0.25) is 0 Å². The molecule has 0 radical (unpaired) electrons. The highest BCUT2D eigenvalue weighted by Gasteiger charge is 2.36. The standard InChI is InChI=1S/C8H10IN/c1-6(5-10)8-4-7(8)2-3-9/h5,7-8H,4,10H2,1H3/b6-5-. The molecule has 0 heterocycles. The van der Waals surface area contributed by atoms with Gasteiger partial charge >= 0.3 is 0 Å². The third-order valence-electron chi connectivity index (χ3n) is 1.88. The van der Waals surface area contributed by atoms with Gasteiger partial charge in [0.1, 0.15) is 0 Å². The van der Waals surface area contributed by atoms with E-state index in [2.05, 4.69) is 39.4 Å². The van der Waals surface area contributed by atoms with Crippen LogP contribution >= 0.6 is 22.6 Å². The largest absolute Gasteiger partial charge is 0.405 e. The molecule has 2 N–H and O–H groups in total. The van der Waals surface area contributed by atoms with Crippen molar-refractivity contribution in [3.05, 3.63) is 11.8 Å². The summed E-state index contributed by atoms with van der Waals surface area (Å²) < 4.78 is 2.89. The number of hydrogen-bond donors (Lipinski definition) is 1. The van der Waals surface area contributed by atoms with Crippen LogP contribution < -0.4 is 5.73 Å². The first kappa shape index (κ1) is 7.93. The summed E-state index contributed by atoms with van der Waals surface area (Å²) in [5.41, 5.74) is 6.64. The Kier molecular flexibility index (Phi) is 2.61. The molecule has 0 saturated heterocycles. The maximum atomic E-state index is 5.36. The molecular formula is C8H10IN. The normalized spacial score (nSPS) is 30.8. The SMILES string of the molecule is C/C(=C/N)C1CC1C#CI. The summed E-state index contributed by atoms with van der Waals surface area (Å²) in [6.07, 6.45) is 2.90. The minimum absolute atomic E-state index is 0.594. The van der Waals surface area contributed by atoms with E-state index in [0.29, 0.717) is 11.8 Å². The first-order chi connectivity index (χ1) is 4.79. The van der Waals surface area contributed by atoms with Crippen LogP contribution in [0.15, 0.2) is 11.8 Å². The monoisotopic (exact) mass is 247 g/mol. The van der Waals surface area contributed by atoms with Gasteiger partial charge in [-0.25, -0.2) is 0 Å². The second kappa shape index (κ2) is 3.29. The fraction of sp³-hybridized carbons (Fsp3) is 0.500. The summed E-state index contributed by atoms with van der Waals surface area (Å²) in [7, 11) is 0. The summed E-state index contributed by atoms with van der Waals surface area (Å²) in [6.45, 7) is 2.07. The zero-order valence-electron chi connectivity index (χ0n) is 5.89. The summed E-state index contributed by atoms with van der Waals surface area (Å²) >= 11 is 2.08. The van der Waals surface area contributed by atoms with Gasteiger partial charge in [-0.05, 0) is 29.4 Å². The van der Waals surface area contributed by atoms with E-state index < -0.39 is 0 Å². The van der Waals surface area contributed by atoms with Gasteiger partial charge in [-0.2, -0.15) is 0 Å². The molecule has 1 aliphatic rings. The van der Waals surface area contributed by atoms with Crippen molar-refractivity contribution in [3.8, 4) is 9.85 Å². The highest BCUT2D eigenvalue weighted by Crippen LogP contribution is 2.43. The molecule has 2 unspecified atom stereocenters. The maximum absolute atomic E-state index is 5.36. The highest BCUT2D eigenvalue weighted by molar-refractivity contribution is 14.1. The van der Waals surface area contributed by atoms with Gasteiger partial charge in [0, 0.05) is 28.5 Å². The Hall–Kier alpha value is -0.170. The molecule has 0 aromatic rings. The van der Waals surface area contributed by atoms with Gasteiger partial charge < -0.3 is 5.73 Å². The van der Waals surface area contributed by atoms with Crippen LogP contribution in [0.3, 0.4) is 0 Å². The van der Waals surface area contributed by atoms with Crippen molar-refractivity contribution in [3.63, 3.8) is 0 Å². The van der Waals surface area contributed by atoms with Crippen molar-refractivity contribution in [1.29, 1.82) is 0 Å². The Bertz CT molecular complexity index is 209. The molecule has 1 fully saturated rings. The van der Waals surface area contributed by atoms with Crippen LogP contribution in [0.1, 0.15) is 13.3 Å². The smallest absolute Gasteiger partial charge is 0.0283 e. The molecule has 10 heavy (non-hydrogen) atoms. The molecule has 0 bridgehead atoms. The van der Waals surface area contributed by atoms with Crippen LogP contribution in [0.25, 0.3) is 0 Å². The van der Waals surface area contributed by atoms with Gasteiger partial charge in [0.15, 0.2) is 0 Å². The minimum Gasteiger partial charge on any atom is -0.405 e. The summed E-state index contributed by atoms with van der Waals surface area (Å²) in [4.78, 5) is 0. The Morgan fingerprint density at radius 3 is 3.00 bits per heavy atom. The molecule has 1 nitrogen and oxygen atoms in total. The average Bonchev–Trinajstić information content (AvgIpc) is 2.67. The Morgan fingerprint density at radius 2 is 2.50 bits per heavy atom. The second-order valence-corrected chi connectivity index (χ2v) is 3.14. The third-order valence-corrected chi connectivity index (χ3v) is 2.19. The van der Waals surface area contributed by atoms with Gasteiger partial charge in [0.05, 0.1) is 0 Å². The minimum atomic E-state index is 0.594. The van der Waals surface area contributed by atoms with Crippen molar-refractivity contribution in [2.75, 3.05) is 0 Å². The van der Waals surface area contributed by atoms with Crippen LogP contribution in [-0.4, -0.2) is 0 Å². The lowest BCUT2D eigenvalue weighted by atomic mass is 10.2. The van der Waals surface area contributed by atoms with Gasteiger partial charge in [0.25, 0.3) is 0 Å². The lowest BCUT2D eigenvalue weighted by Gasteiger charge is -1.91. The van der Waals surface area contributed by atoms with Crippen molar-refractivity contribution >= 4 is 22.6 Å². The summed E-state index contributed by atoms with van der Waals surface area (Å²) in [6, 6.07) is 0. The molecule has 0 spiro atoms. The van der Waals surface area contributed by atoms with Crippen LogP contribution in [0.4, 0.5) is 0 Å². The summed E-state index contributed by atoms with van der Waals surface area (Å²) in [5, 5.41) is 0. The molecule has 0 aromatic carbocycles. The van der Waals surface area contributed by atoms with E-state index in [1.807, 2.05) is 0 Å². The van der Waals surface area contributed by atoms with E-state index in [9.17, 15) is 0 Å². The van der Waals surface area contributed by atoms with E-state index >= 15 is 0 Å². The van der Waals surface area contributed by atoms with Gasteiger partial charge in [-0.3, -0.25) is 0 Å². The fourth-order valence-electron chi connectivity index (χ4n) is 1.05.